The fourth-order valence-electron chi connectivity index (χ4n) is 2.12. The van der Waals surface area contributed by atoms with Gasteiger partial charge in [0.2, 0.25) is 0 Å². The molecular formula is C17H19BrN2O. The number of carbonyl (C=O) groups is 1. The molecule has 0 N–H and O–H groups in total. The van der Waals surface area contributed by atoms with Crippen LogP contribution in [0.3, 0.4) is 0 Å². The zero-order valence-corrected chi connectivity index (χ0v) is 14.1. The second-order valence-corrected chi connectivity index (χ2v) is 6.08. The molecule has 0 fully saturated rings. The number of nitrogens with zero attached hydrogens (tertiary/aromatic N) is 2. The van der Waals surface area contributed by atoms with Crippen molar-refractivity contribution in [1.29, 1.82) is 0 Å². The van der Waals surface area contributed by atoms with Crippen molar-refractivity contribution >= 4 is 21.8 Å². The molecule has 0 spiro atoms. The Kier molecular flexibility index (Phi) is 5.12. The monoisotopic (exact) mass is 346 g/mol. The summed E-state index contributed by atoms with van der Waals surface area (Å²) in [6.45, 7) is 6.53. The predicted octanol–water partition coefficient (Wildman–Crippen LogP) is 4.20. The summed E-state index contributed by atoms with van der Waals surface area (Å²) in [6.07, 6.45) is 1.75. The van der Waals surface area contributed by atoms with E-state index in [1.807, 2.05) is 62.1 Å². The molecule has 0 aliphatic rings. The molecule has 2 aromatic rings. The van der Waals surface area contributed by atoms with E-state index in [2.05, 4.69) is 20.9 Å². The maximum atomic E-state index is 12.8. The van der Waals surface area contributed by atoms with Gasteiger partial charge in [-0.2, -0.15) is 0 Å². The molecular weight excluding hydrogens is 328 g/mol. The molecule has 1 aromatic heterocycles. The van der Waals surface area contributed by atoms with Gasteiger partial charge < -0.3 is 4.90 Å². The highest BCUT2D eigenvalue weighted by molar-refractivity contribution is 9.10. The van der Waals surface area contributed by atoms with Crippen molar-refractivity contribution in [3.63, 3.8) is 0 Å². The minimum atomic E-state index is 0.0197. The van der Waals surface area contributed by atoms with Gasteiger partial charge in [-0.25, -0.2) is 0 Å². The summed E-state index contributed by atoms with van der Waals surface area (Å²) in [5.74, 6) is 0.0197. The minimum Gasteiger partial charge on any atom is -0.330 e. The van der Waals surface area contributed by atoms with Gasteiger partial charge in [-0.15, -0.1) is 0 Å². The smallest absolute Gasteiger partial charge is 0.255 e. The van der Waals surface area contributed by atoms with Gasteiger partial charge in [0.15, 0.2) is 0 Å². The predicted molar refractivity (Wildman–Crippen MR) is 88.1 cm³/mol. The van der Waals surface area contributed by atoms with E-state index >= 15 is 0 Å². The SMILES string of the molecule is Cc1cccc(C(=O)N(Cc2ccccn2)C(C)C)c1Br. The summed E-state index contributed by atoms with van der Waals surface area (Å²) in [5.41, 5.74) is 2.64. The largest absolute Gasteiger partial charge is 0.330 e. The van der Waals surface area contributed by atoms with Gasteiger partial charge in [-0.1, -0.05) is 18.2 Å². The zero-order chi connectivity index (χ0) is 15.4. The average molecular weight is 347 g/mol. The van der Waals surface area contributed by atoms with Crippen molar-refractivity contribution in [1.82, 2.24) is 9.88 Å². The summed E-state index contributed by atoms with van der Waals surface area (Å²) in [4.78, 5) is 19.0. The van der Waals surface area contributed by atoms with E-state index in [1.54, 1.807) is 6.20 Å². The number of pyridine rings is 1. The normalized spacial score (nSPS) is 10.7. The van der Waals surface area contributed by atoms with E-state index in [0.717, 1.165) is 15.7 Å². The van der Waals surface area contributed by atoms with Crippen molar-refractivity contribution in [2.24, 2.45) is 0 Å². The van der Waals surface area contributed by atoms with Gasteiger partial charge in [0.25, 0.3) is 5.91 Å². The van der Waals surface area contributed by atoms with Crippen LogP contribution in [0.25, 0.3) is 0 Å². The highest BCUT2D eigenvalue weighted by Crippen LogP contribution is 2.23. The van der Waals surface area contributed by atoms with Gasteiger partial charge in [0, 0.05) is 16.7 Å². The number of benzene rings is 1. The van der Waals surface area contributed by atoms with Crippen LogP contribution < -0.4 is 0 Å². The average Bonchev–Trinajstić information content (AvgIpc) is 2.48. The lowest BCUT2D eigenvalue weighted by molar-refractivity contribution is 0.0686. The number of rotatable bonds is 4. The number of carbonyl (C=O) groups excluding carboxylic acids is 1. The van der Waals surface area contributed by atoms with Crippen LogP contribution in [-0.4, -0.2) is 21.8 Å². The fraction of sp³-hybridized carbons (Fsp3) is 0.294. The third-order valence-electron chi connectivity index (χ3n) is 3.36. The van der Waals surface area contributed by atoms with Crippen LogP contribution in [0.15, 0.2) is 47.1 Å². The Balaban J connectivity index is 2.30. The maximum Gasteiger partial charge on any atom is 0.255 e. The van der Waals surface area contributed by atoms with Gasteiger partial charge in [-0.05, 0) is 60.5 Å². The van der Waals surface area contributed by atoms with Crippen LogP contribution in [0.5, 0.6) is 0 Å². The number of aryl methyl sites for hydroxylation is 1. The van der Waals surface area contributed by atoms with Gasteiger partial charge in [-0.3, -0.25) is 9.78 Å². The Labute approximate surface area is 134 Å². The highest BCUT2D eigenvalue weighted by atomic mass is 79.9. The van der Waals surface area contributed by atoms with Crippen LogP contribution in [0.4, 0.5) is 0 Å². The quantitative estimate of drug-likeness (QED) is 0.830. The molecule has 110 valence electrons. The van der Waals surface area contributed by atoms with Gasteiger partial charge >= 0.3 is 0 Å². The first-order valence-corrected chi connectivity index (χ1v) is 7.76. The zero-order valence-electron chi connectivity index (χ0n) is 12.5. The highest BCUT2D eigenvalue weighted by Gasteiger charge is 2.21. The lowest BCUT2D eigenvalue weighted by Crippen LogP contribution is -2.36. The van der Waals surface area contributed by atoms with Gasteiger partial charge in [0.05, 0.1) is 17.8 Å². The first kappa shape index (κ1) is 15.7. The fourth-order valence-corrected chi connectivity index (χ4v) is 2.56. The Bertz CT molecular complexity index is 626. The van der Waals surface area contributed by atoms with Crippen LogP contribution in [0, 0.1) is 6.92 Å². The molecule has 4 heteroatoms. The second kappa shape index (κ2) is 6.85. The Morgan fingerprint density at radius 2 is 2.00 bits per heavy atom. The minimum absolute atomic E-state index is 0.0197. The number of aromatic nitrogens is 1. The summed E-state index contributed by atoms with van der Waals surface area (Å²) in [7, 11) is 0. The van der Waals surface area contributed by atoms with Crippen LogP contribution in [0.1, 0.15) is 35.5 Å². The second-order valence-electron chi connectivity index (χ2n) is 5.28. The molecule has 1 amide bonds. The molecule has 0 unspecified atom stereocenters. The summed E-state index contributed by atoms with van der Waals surface area (Å²) in [5, 5.41) is 0. The van der Waals surface area contributed by atoms with Crippen molar-refractivity contribution in [2.45, 2.75) is 33.4 Å². The number of hydrogen-bond acceptors (Lipinski definition) is 2. The standard InChI is InChI=1S/C17H19BrN2O/c1-12(2)20(11-14-8-4-5-10-19-14)17(21)15-9-6-7-13(3)16(15)18/h4-10,12H,11H2,1-3H3. The topological polar surface area (TPSA) is 33.2 Å². The van der Waals surface area contributed by atoms with Crippen molar-refractivity contribution < 1.29 is 4.79 Å². The molecule has 0 saturated heterocycles. The van der Waals surface area contributed by atoms with Crippen molar-refractivity contribution in [3.8, 4) is 0 Å². The molecule has 21 heavy (non-hydrogen) atoms. The number of halogens is 1. The number of amides is 1. The van der Waals surface area contributed by atoms with Crippen LogP contribution >= 0.6 is 15.9 Å². The van der Waals surface area contributed by atoms with Crippen molar-refractivity contribution in [2.75, 3.05) is 0 Å². The van der Waals surface area contributed by atoms with Gasteiger partial charge in [0.1, 0.15) is 0 Å². The van der Waals surface area contributed by atoms with E-state index in [4.69, 9.17) is 0 Å². The van der Waals surface area contributed by atoms with Crippen LogP contribution in [0.2, 0.25) is 0 Å². The summed E-state index contributed by atoms with van der Waals surface area (Å²) < 4.78 is 0.863. The summed E-state index contributed by atoms with van der Waals surface area (Å²) in [6, 6.07) is 11.6. The van der Waals surface area contributed by atoms with E-state index < -0.39 is 0 Å². The van der Waals surface area contributed by atoms with E-state index in [9.17, 15) is 4.79 Å². The molecule has 0 aliphatic heterocycles. The first-order valence-electron chi connectivity index (χ1n) is 6.96. The van der Waals surface area contributed by atoms with Crippen LogP contribution in [-0.2, 0) is 6.54 Å². The van der Waals surface area contributed by atoms with E-state index in [1.165, 1.54) is 0 Å². The molecule has 0 radical (unpaired) electrons. The molecule has 0 bridgehead atoms. The Morgan fingerprint density at radius 3 is 2.62 bits per heavy atom. The Morgan fingerprint density at radius 1 is 1.24 bits per heavy atom. The Hall–Kier alpha value is -1.68. The lowest BCUT2D eigenvalue weighted by atomic mass is 10.1. The summed E-state index contributed by atoms with van der Waals surface area (Å²) >= 11 is 3.52. The molecule has 2 rings (SSSR count). The lowest BCUT2D eigenvalue weighted by Gasteiger charge is -2.27. The third kappa shape index (κ3) is 3.70. The third-order valence-corrected chi connectivity index (χ3v) is 4.42. The first-order chi connectivity index (χ1) is 10.0. The molecule has 1 heterocycles. The maximum absolute atomic E-state index is 12.8. The van der Waals surface area contributed by atoms with E-state index in [0.29, 0.717) is 12.1 Å². The molecule has 0 aliphatic carbocycles. The number of hydrogen-bond donors (Lipinski definition) is 0. The van der Waals surface area contributed by atoms with E-state index in [-0.39, 0.29) is 11.9 Å². The molecule has 1 aromatic carbocycles. The molecule has 3 nitrogen and oxygen atoms in total. The molecule has 0 atom stereocenters. The van der Waals surface area contributed by atoms with Crippen molar-refractivity contribution in [3.05, 3.63) is 63.9 Å². The molecule has 0 saturated carbocycles.